The molecular weight excluding hydrogens is 546 g/mol. The van der Waals surface area contributed by atoms with Crippen LogP contribution in [0.1, 0.15) is 66.7 Å². The van der Waals surface area contributed by atoms with Gasteiger partial charge in [-0.25, -0.2) is 9.59 Å². The van der Waals surface area contributed by atoms with Crippen LogP contribution < -0.4 is 0 Å². The van der Waals surface area contributed by atoms with Gasteiger partial charge in [-0.15, -0.1) is 0 Å². The highest BCUT2D eigenvalue weighted by molar-refractivity contribution is 7.85. The maximum atomic E-state index is 10.8. The first kappa shape index (κ1) is 32.5. The third-order valence-corrected chi connectivity index (χ3v) is 6.70. The molecule has 2 aliphatic rings. The molecule has 1 aliphatic carbocycles. The topological polar surface area (TPSA) is 196 Å². The zero-order valence-corrected chi connectivity index (χ0v) is 23.4. The fraction of sp³-hybridized carbons (Fsp3) is 0.500. The zero-order chi connectivity index (χ0) is 29.7. The molecule has 1 fully saturated rings. The molecule has 0 unspecified atom stereocenters. The molecule has 0 radical (unpaired) electrons. The molecule has 40 heavy (non-hydrogen) atoms. The molecule has 0 atom stereocenters. The summed E-state index contributed by atoms with van der Waals surface area (Å²) in [6, 6.07) is 2.13. The van der Waals surface area contributed by atoms with Crippen LogP contribution in [0.15, 0.2) is 46.4 Å². The summed E-state index contributed by atoms with van der Waals surface area (Å²) in [5, 5.41) is 17.2. The molecule has 0 bridgehead atoms. The molecule has 1 aliphatic heterocycles. The second-order valence-electron chi connectivity index (χ2n) is 8.88. The summed E-state index contributed by atoms with van der Waals surface area (Å²) in [7, 11) is -4.64. The van der Waals surface area contributed by atoms with Crippen molar-refractivity contribution in [3.8, 4) is 0 Å². The van der Waals surface area contributed by atoms with E-state index in [1.807, 2.05) is 6.08 Å². The number of benzene rings is 1. The van der Waals surface area contributed by atoms with Crippen LogP contribution in [-0.2, 0) is 24.3 Å². The Balaban J connectivity index is 0.000000305. The average molecular weight is 582 g/mol. The van der Waals surface area contributed by atoms with Gasteiger partial charge in [-0.1, -0.05) is 26.7 Å². The van der Waals surface area contributed by atoms with Gasteiger partial charge < -0.3 is 34.9 Å². The third-order valence-electron chi connectivity index (χ3n) is 5.87. The zero-order valence-electron chi connectivity index (χ0n) is 22.5. The normalized spacial score (nSPS) is 15.4. The number of carboxylic acids is 2. The summed E-state index contributed by atoms with van der Waals surface area (Å²) in [6.07, 6.45) is 6.56. The molecule has 13 nitrogen and oxygen atoms in total. The molecule has 0 spiro atoms. The van der Waals surface area contributed by atoms with E-state index in [1.54, 1.807) is 0 Å². The number of aromatic carboxylic acids is 2. The highest BCUT2D eigenvalue weighted by Gasteiger charge is 2.31. The fourth-order valence-electron chi connectivity index (χ4n) is 3.69. The van der Waals surface area contributed by atoms with Gasteiger partial charge in [0.15, 0.2) is 0 Å². The number of allylic oxidation sites excluding steroid dienone is 3. The van der Waals surface area contributed by atoms with Crippen molar-refractivity contribution < 1.29 is 51.8 Å². The van der Waals surface area contributed by atoms with Gasteiger partial charge in [0.1, 0.15) is 12.2 Å². The number of morpholine rings is 1. The quantitative estimate of drug-likeness (QED) is 0.141. The van der Waals surface area contributed by atoms with E-state index in [9.17, 15) is 23.5 Å². The standard InChI is InChI=1S/C18H29N3O3.C8H6O7S/c1-3-5-9-23-17-14-16(21-7-11-22-12-8-21)18(13-15(17)20-19)24-10-6-4-2;9-7(10)4-1-5(8(11)12)3-6(2-4)16(13,14)15/h14H,3-13H2,1-2H3;1-3H,(H,9,10)(H,11,12)(H,13,14,15). The van der Waals surface area contributed by atoms with Gasteiger partial charge in [-0.3, -0.25) is 4.55 Å². The number of hydrogen-bond donors (Lipinski definition) is 3. The molecule has 1 aromatic rings. The predicted molar refractivity (Wildman–Crippen MR) is 143 cm³/mol. The second-order valence-corrected chi connectivity index (χ2v) is 10.3. The first-order valence-electron chi connectivity index (χ1n) is 12.8. The number of ether oxygens (including phenoxy) is 3. The maximum Gasteiger partial charge on any atom is 0.341 e. The van der Waals surface area contributed by atoms with E-state index in [4.69, 9.17) is 29.0 Å². The van der Waals surface area contributed by atoms with Crippen LogP contribution >= 0.6 is 0 Å². The molecule has 14 heteroatoms. The van der Waals surface area contributed by atoms with Gasteiger partial charge in [0, 0.05) is 19.2 Å². The minimum atomic E-state index is -4.64. The number of carboxylic acid groups (broad SMARTS) is 2. The number of carbonyl (C=O) groups is 2. The molecule has 0 saturated carbocycles. The van der Waals surface area contributed by atoms with Gasteiger partial charge in [0.2, 0.25) is 5.76 Å². The molecule has 3 rings (SSSR count). The van der Waals surface area contributed by atoms with Crippen molar-refractivity contribution in [1.29, 1.82) is 0 Å². The summed E-state index contributed by atoms with van der Waals surface area (Å²) < 4.78 is 47.5. The number of unbranched alkanes of at least 4 members (excludes halogenated alkanes) is 2. The van der Waals surface area contributed by atoms with E-state index in [2.05, 4.69) is 23.5 Å². The monoisotopic (exact) mass is 581 g/mol. The van der Waals surface area contributed by atoms with Crippen molar-refractivity contribution in [3.05, 3.63) is 58.1 Å². The minimum absolute atomic E-state index is 0.463. The second kappa shape index (κ2) is 15.8. The van der Waals surface area contributed by atoms with Gasteiger partial charge >= 0.3 is 17.7 Å². The Labute approximate surface area is 233 Å². The van der Waals surface area contributed by atoms with Crippen LogP contribution in [0.5, 0.6) is 0 Å². The van der Waals surface area contributed by atoms with E-state index in [0.29, 0.717) is 56.5 Å². The Bertz CT molecular complexity index is 1250. The molecule has 1 heterocycles. The molecule has 0 amide bonds. The van der Waals surface area contributed by atoms with E-state index in [-0.39, 0.29) is 0 Å². The number of rotatable bonds is 12. The van der Waals surface area contributed by atoms with Crippen molar-refractivity contribution >= 4 is 27.8 Å². The van der Waals surface area contributed by atoms with E-state index in [1.165, 1.54) is 0 Å². The van der Waals surface area contributed by atoms with E-state index in [0.717, 1.165) is 56.3 Å². The Morgan fingerprint density at radius 1 is 1.00 bits per heavy atom. The van der Waals surface area contributed by atoms with Gasteiger partial charge in [0.25, 0.3) is 10.1 Å². The predicted octanol–water partition coefficient (Wildman–Crippen LogP) is 3.45. The van der Waals surface area contributed by atoms with E-state index < -0.39 is 38.1 Å². The largest absolute Gasteiger partial charge is 0.495 e. The Hall–Kier alpha value is -3.71. The molecule has 220 valence electrons. The third kappa shape index (κ3) is 9.79. The van der Waals surface area contributed by atoms with Crippen molar-refractivity contribution in [2.24, 2.45) is 0 Å². The Morgan fingerprint density at radius 3 is 2.02 bits per heavy atom. The summed E-state index contributed by atoms with van der Waals surface area (Å²) in [5.74, 6) is -1.47. The summed E-state index contributed by atoms with van der Waals surface area (Å²) >= 11 is 0. The van der Waals surface area contributed by atoms with Crippen molar-refractivity contribution in [3.63, 3.8) is 0 Å². The number of hydrogen-bond acceptors (Lipinski definition) is 8. The lowest BCUT2D eigenvalue weighted by molar-refractivity contribution is -0.0145. The summed E-state index contributed by atoms with van der Waals surface area (Å²) in [5.41, 5.74) is 9.86. The van der Waals surface area contributed by atoms with Gasteiger partial charge in [-0.2, -0.15) is 13.2 Å². The van der Waals surface area contributed by atoms with Crippen molar-refractivity contribution in [1.82, 2.24) is 4.90 Å². The Morgan fingerprint density at radius 2 is 1.55 bits per heavy atom. The van der Waals surface area contributed by atoms with Crippen LogP contribution in [0.3, 0.4) is 0 Å². The summed E-state index contributed by atoms with van der Waals surface area (Å²) in [4.78, 5) is 26.1. The first-order chi connectivity index (χ1) is 19.0. The average Bonchev–Trinajstić information content (AvgIpc) is 2.93. The molecule has 0 aromatic heterocycles. The van der Waals surface area contributed by atoms with Crippen molar-refractivity contribution in [2.75, 3.05) is 39.5 Å². The lowest BCUT2D eigenvalue weighted by Crippen LogP contribution is -2.37. The smallest absolute Gasteiger partial charge is 0.341 e. The fourth-order valence-corrected chi connectivity index (χ4v) is 4.24. The van der Waals surface area contributed by atoms with Crippen LogP contribution in [0.2, 0.25) is 0 Å². The maximum absolute atomic E-state index is 10.8. The molecule has 1 saturated heterocycles. The van der Waals surface area contributed by atoms with Crippen LogP contribution in [0, 0.1) is 0 Å². The van der Waals surface area contributed by atoms with E-state index >= 15 is 0 Å². The highest BCUT2D eigenvalue weighted by Crippen LogP contribution is 2.27. The van der Waals surface area contributed by atoms with Gasteiger partial charge in [0.05, 0.1) is 48.1 Å². The highest BCUT2D eigenvalue weighted by atomic mass is 32.2. The van der Waals surface area contributed by atoms with Crippen LogP contribution in [0.4, 0.5) is 0 Å². The lowest BCUT2D eigenvalue weighted by Gasteiger charge is -2.32. The SMILES string of the molecule is CCCCOC1=CC(N2CCOCC2)=C(OCCCC)CC1=[N+]=[N-].O=C(O)c1cc(C(=O)O)cc(S(=O)(=O)O)c1. The van der Waals surface area contributed by atoms with Crippen molar-refractivity contribution in [2.45, 2.75) is 50.8 Å². The minimum Gasteiger partial charge on any atom is -0.495 e. The summed E-state index contributed by atoms with van der Waals surface area (Å²) in [6.45, 7) is 8.67. The van der Waals surface area contributed by atoms with Crippen LogP contribution in [-0.4, -0.2) is 90.0 Å². The number of nitrogens with zero attached hydrogens (tertiary/aromatic N) is 3. The molecular formula is C26H35N3O10S. The molecule has 3 N–H and O–H groups in total. The first-order valence-corrected chi connectivity index (χ1v) is 14.3. The molecule has 1 aromatic carbocycles. The lowest BCUT2D eigenvalue weighted by atomic mass is 10.0. The Kier molecular flexibility index (Phi) is 12.8. The van der Waals surface area contributed by atoms with Crippen LogP contribution in [0.25, 0.3) is 5.53 Å². The van der Waals surface area contributed by atoms with Gasteiger partial charge in [-0.05, 0) is 31.0 Å².